The molecule has 1 aromatic carbocycles. The SMILES string of the molecule is Cc1[nH]cc(NC(=O)Nc2cc(Cl)cc(Cl)c2)c1C(=O)O. The minimum atomic E-state index is -1.13. The summed E-state index contributed by atoms with van der Waals surface area (Å²) in [6.45, 7) is 1.60. The lowest BCUT2D eigenvalue weighted by atomic mass is 10.2. The van der Waals surface area contributed by atoms with Crippen molar-refractivity contribution in [2.24, 2.45) is 0 Å². The van der Waals surface area contributed by atoms with Crippen LogP contribution in [0.1, 0.15) is 16.1 Å². The van der Waals surface area contributed by atoms with E-state index < -0.39 is 12.0 Å². The molecule has 0 aliphatic rings. The summed E-state index contributed by atoms with van der Waals surface area (Å²) in [7, 11) is 0. The van der Waals surface area contributed by atoms with Crippen LogP contribution in [0.2, 0.25) is 10.0 Å². The lowest BCUT2D eigenvalue weighted by Crippen LogP contribution is -2.20. The van der Waals surface area contributed by atoms with Gasteiger partial charge in [0.25, 0.3) is 0 Å². The van der Waals surface area contributed by atoms with E-state index in [-0.39, 0.29) is 11.3 Å². The number of nitrogens with one attached hydrogen (secondary N) is 3. The van der Waals surface area contributed by atoms with Crippen molar-refractivity contribution in [2.45, 2.75) is 6.92 Å². The Morgan fingerprint density at radius 2 is 1.76 bits per heavy atom. The lowest BCUT2D eigenvalue weighted by molar-refractivity contribution is 0.0697. The van der Waals surface area contributed by atoms with Crippen molar-refractivity contribution >= 4 is 46.6 Å². The van der Waals surface area contributed by atoms with Crippen LogP contribution in [0.15, 0.2) is 24.4 Å². The molecule has 8 heteroatoms. The van der Waals surface area contributed by atoms with Crippen molar-refractivity contribution in [3.63, 3.8) is 0 Å². The Labute approximate surface area is 130 Å². The molecule has 0 spiro atoms. The van der Waals surface area contributed by atoms with Crippen LogP contribution in [0.25, 0.3) is 0 Å². The van der Waals surface area contributed by atoms with Gasteiger partial charge in [-0.15, -0.1) is 0 Å². The molecule has 2 rings (SSSR count). The average molecular weight is 328 g/mol. The topological polar surface area (TPSA) is 94.2 Å². The molecular formula is C13H11Cl2N3O3. The van der Waals surface area contributed by atoms with Gasteiger partial charge in [-0.2, -0.15) is 0 Å². The number of hydrogen-bond donors (Lipinski definition) is 4. The Kier molecular flexibility index (Phi) is 4.40. The molecule has 1 heterocycles. The van der Waals surface area contributed by atoms with Gasteiger partial charge in [-0.05, 0) is 25.1 Å². The number of hydrogen-bond acceptors (Lipinski definition) is 2. The normalized spacial score (nSPS) is 10.2. The first-order chi connectivity index (χ1) is 9.86. The maximum Gasteiger partial charge on any atom is 0.339 e. The van der Waals surface area contributed by atoms with E-state index in [1.54, 1.807) is 6.92 Å². The van der Waals surface area contributed by atoms with Crippen molar-refractivity contribution in [3.05, 3.63) is 45.7 Å². The maximum atomic E-state index is 11.9. The Morgan fingerprint density at radius 1 is 1.14 bits per heavy atom. The van der Waals surface area contributed by atoms with E-state index in [0.717, 1.165) is 0 Å². The van der Waals surface area contributed by atoms with Gasteiger partial charge in [-0.3, -0.25) is 0 Å². The van der Waals surface area contributed by atoms with Crippen LogP contribution in [0.3, 0.4) is 0 Å². The average Bonchev–Trinajstić information content (AvgIpc) is 2.68. The van der Waals surface area contributed by atoms with Crippen molar-refractivity contribution in [3.8, 4) is 0 Å². The van der Waals surface area contributed by atoms with Gasteiger partial charge in [0, 0.05) is 27.6 Å². The second-order valence-electron chi connectivity index (χ2n) is 4.24. The number of carboxylic acids is 1. The lowest BCUT2D eigenvalue weighted by Gasteiger charge is -2.08. The second kappa shape index (κ2) is 6.07. The first-order valence-electron chi connectivity index (χ1n) is 5.82. The highest BCUT2D eigenvalue weighted by Crippen LogP contribution is 2.23. The van der Waals surface area contributed by atoms with Crippen molar-refractivity contribution < 1.29 is 14.7 Å². The number of H-pyrrole nitrogens is 1. The number of carbonyl (C=O) groups excluding carboxylic acids is 1. The number of carbonyl (C=O) groups is 2. The monoisotopic (exact) mass is 327 g/mol. The van der Waals surface area contributed by atoms with Gasteiger partial charge in [0.15, 0.2) is 0 Å². The molecule has 6 nitrogen and oxygen atoms in total. The number of aryl methyl sites for hydroxylation is 1. The van der Waals surface area contributed by atoms with Crippen LogP contribution in [0, 0.1) is 6.92 Å². The third kappa shape index (κ3) is 3.68. The molecule has 0 aliphatic carbocycles. The number of aromatic carboxylic acids is 1. The van der Waals surface area contributed by atoms with Crippen LogP contribution in [-0.2, 0) is 0 Å². The van der Waals surface area contributed by atoms with Gasteiger partial charge in [0.1, 0.15) is 5.56 Å². The molecule has 21 heavy (non-hydrogen) atoms. The van der Waals surface area contributed by atoms with E-state index in [4.69, 9.17) is 28.3 Å². The molecule has 2 aromatic rings. The van der Waals surface area contributed by atoms with Gasteiger partial charge >= 0.3 is 12.0 Å². The van der Waals surface area contributed by atoms with E-state index in [0.29, 0.717) is 21.4 Å². The highest BCUT2D eigenvalue weighted by molar-refractivity contribution is 6.35. The van der Waals surface area contributed by atoms with Crippen LogP contribution >= 0.6 is 23.2 Å². The Morgan fingerprint density at radius 3 is 2.33 bits per heavy atom. The number of aromatic amines is 1. The molecular weight excluding hydrogens is 317 g/mol. The minimum Gasteiger partial charge on any atom is -0.478 e. The van der Waals surface area contributed by atoms with Crippen molar-refractivity contribution in [2.75, 3.05) is 10.6 Å². The molecule has 2 amide bonds. The Bertz CT molecular complexity index is 692. The summed E-state index contributed by atoms with van der Waals surface area (Å²) < 4.78 is 0. The van der Waals surface area contributed by atoms with Crippen LogP contribution < -0.4 is 10.6 Å². The quantitative estimate of drug-likeness (QED) is 0.686. The van der Waals surface area contributed by atoms with Crippen LogP contribution in [0.5, 0.6) is 0 Å². The molecule has 110 valence electrons. The summed E-state index contributed by atoms with van der Waals surface area (Å²) in [5.41, 5.74) is 1.03. The fraction of sp³-hybridized carbons (Fsp3) is 0.0769. The number of anilines is 2. The van der Waals surface area contributed by atoms with Gasteiger partial charge in [0.05, 0.1) is 5.69 Å². The summed E-state index contributed by atoms with van der Waals surface area (Å²) in [5, 5.41) is 14.8. The van der Waals surface area contributed by atoms with Gasteiger partial charge < -0.3 is 20.7 Å². The molecule has 0 atom stereocenters. The fourth-order valence-electron chi connectivity index (χ4n) is 1.81. The van der Waals surface area contributed by atoms with Crippen molar-refractivity contribution in [1.29, 1.82) is 0 Å². The zero-order chi connectivity index (χ0) is 15.6. The molecule has 1 aromatic heterocycles. The predicted molar refractivity (Wildman–Crippen MR) is 81.6 cm³/mol. The number of benzene rings is 1. The maximum absolute atomic E-state index is 11.9. The van der Waals surface area contributed by atoms with Gasteiger partial charge in [-0.25, -0.2) is 9.59 Å². The van der Waals surface area contributed by atoms with E-state index in [1.165, 1.54) is 24.4 Å². The highest BCUT2D eigenvalue weighted by atomic mass is 35.5. The third-order valence-corrected chi connectivity index (χ3v) is 3.10. The molecule has 4 N–H and O–H groups in total. The van der Waals surface area contributed by atoms with Gasteiger partial charge in [0.2, 0.25) is 0 Å². The number of carboxylic acid groups (broad SMARTS) is 1. The molecule has 0 fully saturated rings. The first-order valence-corrected chi connectivity index (χ1v) is 6.58. The number of urea groups is 1. The van der Waals surface area contributed by atoms with E-state index in [9.17, 15) is 9.59 Å². The van der Waals surface area contributed by atoms with Gasteiger partial charge in [-0.1, -0.05) is 23.2 Å². The number of amides is 2. The highest BCUT2D eigenvalue weighted by Gasteiger charge is 2.17. The molecule has 0 saturated heterocycles. The molecule has 0 radical (unpaired) electrons. The molecule has 0 unspecified atom stereocenters. The van der Waals surface area contributed by atoms with Crippen molar-refractivity contribution in [1.82, 2.24) is 4.98 Å². The summed E-state index contributed by atoms with van der Waals surface area (Å²) in [5.74, 6) is -1.13. The second-order valence-corrected chi connectivity index (χ2v) is 5.12. The molecule has 0 saturated carbocycles. The van der Waals surface area contributed by atoms with Crippen LogP contribution in [-0.4, -0.2) is 22.1 Å². The summed E-state index contributed by atoms with van der Waals surface area (Å²) in [6.07, 6.45) is 1.41. The number of aromatic nitrogens is 1. The Hall–Kier alpha value is -2.18. The standard InChI is InChI=1S/C13H11Cl2N3O3/c1-6-11(12(19)20)10(5-16-6)18-13(21)17-9-3-7(14)2-8(15)4-9/h2-5,16H,1H3,(H,19,20)(H2,17,18,21). The van der Waals surface area contributed by atoms with Crippen LogP contribution in [0.4, 0.5) is 16.2 Å². The molecule has 0 bridgehead atoms. The predicted octanol–water partition coefficient (Wildman–Crippen LogP) is 3.97. The number of rotatable bonds is 3. The summed E-state index contributed by atoms with van der Waals surface area (Å²) >= 11 is 11.7. The smallest absolute Gasteiger partial charge is 0.339 e. The summed E-state index contributed by atoms with van der Waals surface area (Å²) in [4.78, 5) is 25.7. The van der Waals surface area contributed by atoms with E-state index in [1.807, 2.05) is 0 Å². The zero-order valence-electron chi connectivity index (χ0n) is 10.8. The molecule has 0 aliphatic heterocycles. The third-order valence-electron chi connectivity index (χ3n) is 2.66. The fourth-order valence-corrected chi connectivity index (χ4v) is 2.34. The van der Waals surface area contributed by atoms with E-state index >= 15 is 0 Å². The number of halogens is 2. The largest absolute Gasteiger partial charge is 0.478 e. The Balaban J connectivity index is 2.14. The summed E-state index contributed by atoms with van der Waals surface area (Å²) in [6, 6.07) is 3.97. The van der Waals surface area contributed by atoms with E-state index in [2.05, 4.69) is 15.6 Å². The zero-order valence-corrected chi connectivity index (χ0v) is 12.3. The minimum absolute atomic E-state index is 0.00859. The first kappa shape index (κ1) is 15.2.